The van der Waals surface area contributed by atoms with Gasteiger partial charge in [0.05, 0.1) is 36.6 Å². The zero-order valence-corrected chi connectivity index (χ0v) is 23.8. The van der Waals surface area contributed by atoms with Crippen LogP contribution >= 0.6 is 0 Å². The van der Waals surface area contributed by atoms with Crippen LogP contribution in [0.2, 0.25) is 0 Å². The molecule has 38 heavy (non-hydrogen) atoms. The van der Waals surface area contributed by atoms with Crippen LogP contribution in [0.5, 0.6) is 0 Å². The van der Waals surface area contributed by atoms with Gasteiger partial charge in [0.2, 0.25) is 0 Å². The predicted molar refractivity (Wildman–Crippen MR) is 149 cm³/mol. The van der Waals surface area contributed by atoms with Crippen molar-refractivity contribution >= 4 is 6.09 Å². The average molecular weight is 540 g/mol. The van der Waals surface area contributed by atoms with E-state index in [-0.39, 0.29) is 24.9 Å². The summed E-state index contributed by atoms with van der Waals surface area (Å²) in [5.41, 5.74) is 0.870. The third-order valence-electron chi connectivity index (χ3n) is 7.28. The highest BCUT2D eigenvalue weighted by Crippen LogP contribution is 2.23. The van der Waals surface area contributed by atoms with Crippen LogP contribution in [0.25, 0.3) is 0 Å². The van der Waals surface area contributed by atoms with Crippen molar-refractivity contribution in [2.75, 3.05) is 0 Å². The van der Waals surface area contributed by atoms with Gasteiger partial charge in [0, 0.05) is 6.42 Å². The Labute approximate surface area is 229 Å². The number of rotatable bonds is 20. The van der Waals surface area contributed by atoms with Crippen molar-refractivity contribution in [2.45, 2.75) is 135 Å². The number of amides is 1. The van der Waals surface area contributed by atoms with E-state index >= 15 is 0 Å². The van der Waals surface area contributed by atoms with Gasteiger partial charge in [-0.25, -0.2) is 4.79 Å². The summed E-state index contributed by atoms with van der Waals surface area (Å²) in [5, 5.41) is 54.3. The van der Waals surface area contributed by atoms with Gasteiger partial charge in [0.15, 0.2) is 0 Å². The molecule has 0 aliphatic heterocycles. The minimum Gasteiger partial charge on any atom is -0.445 e. The lowest BCUT2D eigenvalue weighted by Gasteiger charge is -2.26. The van der Waals surface area contributed by atoms with Crippen LogP contribution < -0.4 is 5.32 Å². The Balaban J connectivity index is 2.19. The van der Waals surface area contributed by atoms with E-state index in [1.54, 1.807) is 6.92 Å². The second kappa shape index (κ2) is 19.4. The summed E-state index contributed by atoms with van der Waals surface area (Å²) in [5.74, 6) is 0.140. The Morgan fingerprint density at radius 2 is 1.42 bits per heavy atom. The minimum atomic E-state index is -0.910. The number of carbonyl (C=O) groups is 1. The summed E-state index contributed by atoms with van der Waals surface area (Å²) in [6.45, 7) is 7.86. The van der Waals surface area contributed by atoms with Gasteiger partial charge in [-0.1, -0.05) is 76.8 Å². The molecule has 1 aromatic rings. The molecular weight excluding hydrogens is 486 g/mol. The molecule has 1 rings (SSSR count). The standard InChI is InChI=1S/C30H53NO7/c1-5-6-12-22(3)29(36)28(35)18-21(2)17-25(32)15-10-11-16-26(33)19-27(34)23(4)31-30(37)38-20-24-13-8-7-9-14-24/h7-9,13-14,21-23,25-29,32-36H,5-6,10-12,15-20H2,1-4H3,(H,31,37)/t21-,22+,23-,25+,26+,27-,28-,29+/m0/s1. The SMILES string of the molecule is CCCC[C@@H](C)[C@@H](O)[C@@H](O)C[C@@H](C)C[C@H](O)CCCC[C@@H](O)C[C@H](O)[C@H](C)NC(=O)OCc1ccccc1. The molecule has 8 atom stereocenters. The van der Waals surface area contributed by atoms with Crippen molar-refractivity contribution < 1.29 is 35.1 Å². The van der Waals surface area contributed by atoms with Gasteiger partial charge >= 0.3 is 6.09 Å². The molecule has 0 radical (unpaired) electrons. The van der Waals surface area contributed by atoms with Gasteiger partial charge < -0.3 is 35.6 Å². The fraction of sp³-hybridized carbons (Fsp3) is 0.767. The summed E-state index contributed by atoms with van der Waals surface area (Å²) in [6, 6.07) is 8.75. The average Bonchev–Trinajstić information content (AvgIpc) is 2.88. The summed E-state index contributed by atoms with van der Waals surface area (Å²) in [4.78, 5) is 12.0. The number of alkyl carbamates (subject to hydrolysis) is 1. The molecule has 0 fully saturated rings. The Bertz CT molecular complexity index is 735. The molecule has 8 nitrogen and oxygen atoms in total. The van der Waals surface area contributed by atoms with Crippen molar-refractivity contribution in [3.8, 4) is 0 Å². The Kier molecular flexibility index (Phi) is 17.5. The summed E-state index contributed by atoms with van der Waals surface area (Å²) >= 11 is 0. The monoisotopic (exact) mass is 539 g/mol. The number of nitrogens with one attached hydrogen (secondary N) is 1. The van der Waals surface area contributed by atoms with Gasteiger partial charge in [-0.05, 0) is 56.4 Å². The maximum Gasteiger partial charge on any atom is 0.407 e. The molecule has 0 unspecified atom stereocenters. The minimum absolute atomic E-state index is 0.0549. The van der Waals surface area contributed by atoms with Crippen molar-refractivity contribution in [2.24, 2.45) is 11.8 Å². The number of hydrogen-bond donors (Lipinski definition) is 6. The van der Waals surface area contributed by atoms with E-state index in [0.717, 1.165) is 31.2 Å². The highest BCUT2D eigenvalue weighted by atomic mass is 16.5. The number of aliphatic hydroxyl groups excluding tert-OH is 5. The van der Waals surface area contributed by atoms with E-state index in [1.165, 1.54) is 0 Å². The topological polar surface area (TPSA) is 139 Å². The van der Waals surface area contributed by atoms with Crippen LogP contribution in [0.3, 0.4) is 0 Å². The van der Waals surface area contributed by atoms with Gasteiger partial charge in [0.25, 0.3) is 0 Å². The lowest BCUT2D eigenvalue weighted by Crippen LogP contribution is -2.42. The van der Waals surface area contributed by atoms with Crippen molar-refractivity contribution in [3.63, 3.8) is 0 Å². The van der Waals surface area contributed by atoms with Crippen LogP contribution in [0.15, 0.2) is 30.3 Å². The quantitative estimate of drug-likeness (QED) is 0.136. The third kappa shape index (κ3) is 15.0. The molecule has 0 saturated carbocycles. The van der Waals surface area contributed by atoms with Crippen LogP contribution in [-0.4, -0.2) is 68.2 Å². The number of hydrogen-bond acceptors (Lipinski definition) is 7. The molecule has 0 aliphatic rings. The number of unbranched alkanes of at least 4 members (excludes halogenated alkanes) is 2. The van der Waals surface area contributed by atoms with E-state index in [0.29, 0.717) is 32.1 Å². The number of benzene rings is 1. The number of aliphatic hydroxyl groups is 5. The first-order valence-corrected chi connectivity index (χ1v) is 14.4. The molecule has 0 bridgehead atoms. The molecule has 0 heterocycles. The van der Waals surface area contributed by atoms with Gasteiger partial charge in [-0.3, -0.25) is 0 Å². The van der Waals surface area contributed by atoms with E-state index in [1.807, 2.05) is 44.2 Å². The number of ether oxygens (including phenoxy) is 1. The largest absolute Gasteiger partial charge is 0.445 e. The molecule has 0 spiro atoms. The molecule has 0 aliphatic carbocycles. The molecule has 220 valence electrons. The molecule has 0 aromatic heterocycles. The second-order valence-electron chi connectivity index (χ2n) is 11.1. The first-order chi connectivity index (χ1) is 18.0. The van der Waals surface area contributed by atoms with E-state index in [4.69, 9.17) is 4.74 Å². The molecule has 0 saturated heterocycles. The van der Waals surface area contributed by atoms with Gasteiger partial charge in [-0.15, -0.1) is 0 Å². The van der Waals surface area contributed by atoms with Crippen LogP contribution in [-0.2, 0) is 11.3 Å². The normalized spacial score (nSPS) is 18.0. The predicted octanol–water partition coefficient (Wildman–Crippen LogP) is 4.30. The molecule has 1 aromatic carbocycles. The van der Waals surface area contributed by atoms with E-state index in [9.17, 15) is 30.3 Å². The van der Waals surface area contributed by atoms with Gasteiger partial charge in [0.1, 0.15) is 6.61 Å². The van der Waals surface area contributed by atoms with Crippen LogP contribution in [0.4, 0.5) is 4.79 Å². The fourth-order valence-corrected chi connectivity index (χ4v) is 4.71. The summed E-state index contributed by atoms with van der Waals surface area (Å²) < 4.78 is 5.17. The maximum atomic E-state index is 12.0. The highest BCUT2D eigenvalue weighted by Gasteiger charge is 2.25. The van der Waals surface area contributed by atoms with E-state index < -0.39 is 42.7 Å². The molecule has 6 N–H and O–H groups in total. The van der Waals surface area contributed by atoms with E-state index in [2.05, 4.69) is 12.2 Å². The zero-order valence-electron chi connectivity index (χ0n) is 23.8. The first kappa shape index (κ1) is 34.3. The van der Waals surface area contributed by atoms with Crippen molar-refractivity contribution in [1.82, 2.24) is 5.32 Å². The Morgan fingerprint density at radius 3 is 2.03 bits per heavy atom. The summed E-state index contributed by atoms with van der Waals surface area (Å²) in [7, 11) is 0. The smallest absolute Gasteiger partial charge is 0.407 e. The summed E-state index contributed by atoms with van der Waals surface area (Å²) in [6.07, 6.45) is 2.40. The Hall–Kier alpha value is -1.71. The maximum absolute atomic E-state index is 12.0. The highest BCUT2D eigenvalue weighted by molar-refractivity contribution is 5.67. The van der Waals surface area contributed by atoms with Crippen LogP contribution in [0, 0.1) is 11.8 Å². The first-order valence-electron chi connectivity index (χ1n) is 14.4. The second-order valence-corrected chi connectivity index (χ2v) is 11.1. The number of carbonyl (C=O) groups excluding carboxylic acids is 1. The Morgan fingerprint density at radius 1 is 0.816 bits per heavy atom. The van der Waals surface area contributed by atoms with Crippen molar-refractivity contribution in [3.05, 3.63) is 35.9 Å². The van der Waals surface area contributed by atoms with Gasteiger partial charge in [-0.2, -0.15) is 0 Å². The zero-order chi connectivity index (χ0) is 28.5. The molecule has 8 heteroatoms. The van der Waals surface area contributed by atoms with Crippen molar-refractivity contribution in [1.29, 1.82) is 0 Å². The fourth-order valence-electron chi connectivity index (χ4n) is 4.71. The lowest BCUT2D eigenvalue weighted by molar-refractivity contribution is -0.0288. The van der Waals surface area contributed by atoms with Crippen LogP contribution in [0.1, 0.15) is 97.5 Å². The molecule has 1 amide bonds. The lowest BCUT2D eigenvalue weighted by atomic mass is 9.88. The third-order valence-corrected chi connectivity index (χ3v) is 7.28. The molecular formula is C30H53NO7.